The Balaban J connectivity index is 2.78. The van der Waals surface area contributed by atoms with Gasteiger partial charge in [0, 0.05) is 0 Å². The monoisotopic (exact) mass is 215 g/mol. The average molecular weight is 216 g/mol. The summed E-state index contributed by atoms with van der Waals surface area (Å²) >= 11 is 5.56. The van der Waals surface area contributed by atoms with Crippen LogP contribution in [0.25, 0.3) is 0 Å². The van der Waals surface area contributed by atoms with E-state index in [1.807, 2.05) is 19.1 Å². The molecule has 0 aliphatic carbocycles. The lowest BCUT2D eigenvalue weighted by Crippen LogP contribution is -2.10. The van der Waals surface area contributed by atoms with Crippen molar-refractivity contribution in [1.29, 1.82) is 0 Å². The molecule has 1 rings (SSSR count). The van der Waals surface area contributed by atoms with Crippen molar-refractivity contribution >= 4 is 11.6 Å². The number of alkyl halides is 1. The van der Waals surface area contributed by atoms with Gasteiger partial charge in [0.15, 0.2) is 0 Å². The number of halogens is 1. The molecule has 0 heterocycles. The van der Waals surface area contributed by atoms with E-state index in [4.69, 9.17) is 11.6 Å². The first-order chi connectivity index (χ1) is 6.63. The maximum atomic E-state index is 10.1. The summed E-state index contributed by atoms with van der Waals surface area (Å²) in [6.45, 7) is 1.94. The maximum absolute atomic E-state index is 10.1. The molecule has 0 N–H and O–H groups in total. The number of benzene rings is 1. The van der Waals surface area contributed by atoms with Crippen molar-refractivity contribution in [2.45, 2.75) is 13.0 Å². The zero-order chi connectivity index (χ0) is 10.6. The van der Waals surface area contributed by atoms with Crippen molar-refractivity contribution in [2.75, 3.05) is 5.88 Å². The molecule has 0 saturated heterocycles. The molecule has 0 saturated carbocycles. The lowest BCUT2D eigenvalue weighted by atomic mass is 10.1. The van der Waals surface area contributed by atoms with Crippen LogP contribution in [0.5, 0.6) is 0 Å². The van der Waals surface area contributed by atoms with Gasteiger partial charge in [-0.05, 0) is 12.5 Å². The van der Waals surface area contributed by atoms with Crippen LogP contribution in [0, 0.1) is 17.0 Å². The number of aryl methyl sites for hydroxylation is 1. The van der Waals surface area contributed by atoms with Crippen molar-refractivity contribution in [3.05, 3.63) is 45.5 Å². The van der Waals surface area contributed by atoms with Crippen LogP contribution in [-0.2, 0) is 4.84 Å². The summed E-state index contributed by atoms with van der Waals surface area (Å²) < 4.78 is 0. The highest BCUT2D eigenvalue weighted by atomic mass is 35.5. The van der Waals surface area contributed by atoms with Crippen molar-refractivity contribution < 1.29 is 9.92 Å². The third-order valence-electron chi connectivity index (χ3n) is 1.80. The number of hydrogen-bond acceptors (Lipinski definition) is 3. The molecule has 0 amide bonds. The topological polar surface area (TPSA) is 52.4 Å². The van der Waals surface area contributed by atoms with Gasteiger partial charge >= 0.3 is 0 Å². The van der Waals surface area contributed by atoms with Crippen LogP contribution in [-0.4, -0.2) is 11.0 Å². The quantitative estimate of drug-likeness (QED) is 0.441. The minimum atomic E-state index is -0.826. The molecule has 76 valence electrons. The fourth-order valence-corrected chi connectivity index (χ4v) is 1.30. The molecule has 1 unspecified atom stereocenters. The van der Waals surface area contributed by atoms with Crippen molar-refractivity contribution in [2.24, 2.45) is 0 Å². The lowest BCUT2D eigenvalue weighted by Gasteiger charge is -2.11. The summed E-state index contributed by atoms with van der Waals surface area (Å²) in [5.41, 5.74) is 1.80. The minimum absolute atomic E-state index is 0.0596. The minimum Gasteiger partial charge on any atom is -0.305 e. The molecule has 0 aliphatic rings. The fourth-order valence-electron chi connectivity index (χ4n) is 1.06. The fraction of sp³-hybridized carbons (Fsp3) is 0.333. The van der Waals surface area contributed by atoms with E-state index in [-0.39, 0.29) is 5.88 Å². The van der Waals surface area contributed by atoms with Gasteiger partial charge in [-0.1, -0.05) is 29.8 Å². The van der Waals surface area contributed by atoms with E-state index in [2.05, 4.69) is 4.84 Å². The highest BCUT2D eigenvalue weighted by Gasteiger charge is 2.13. The number of nitrogens with zero attached hydrogens (tertiary/aromatic N) is 1. The molecule has 1 aromatic rings. The predicted octanol–water partition coefficient (Wildman–Crippen LogP) is 2.48. The van der Waals surface area contributed by atoms with Crippen LogP contribution in [0.4, 0.5) is 0 Å². The molecule has 14 heavy (non-hydrogen) atoms. The molecular weight excluding hydrogens is 206 g/mol. The molecule has 0 spiro atoms. The lowest BCUT2D eigenvalue weighted by molar-refractivity contribution is -0.769. The summed E-state index contributed by atoms with van der Waals surface area (Å²) in [6, 6.07) is 7.26. The van der Waals surface area contributed by atoms with Gasteiger partial charge in [-0.25, -0.2) is 0 Å². The van der Waals surface area contributed by atoms with E-state index in [0.717, 1.165) is 5.56 Å². The summed E-state index contributed by atoms with van der Waals surface area (Å²) in [6.07, 6.45) is -0.688. The third kappa shape index (κ3) is 2.88. The second-order valence-corrected chi connectivity index (χ2v) is 3.19. The van der Waals surface area contributed by atoms with E-state index in [9.17, 15) is 10.1 Å². The number of hydrogen-bond donors (Lipinski definition) is 0. The Hall–Kier alpha value is -1.29. The predicted molar refractivity (Wildman–Crippen MR) is 52.7 cm³/mol. The first-order valence-electron chi connectivity index (χ1n) is 4.07. The van der Waals surface area contributed by atoms with Crippen molar-refractivity contribution in [3.8, 4) is 0 Å². The van der Waals surface area contributed by atoms with Gasteiger partial charge in [0.25, 0.3) is 5.09 Å². The Bertz CT molecular complexity index is 312. The van der Waals surface area contributed by atoms with Gasteiger partial charge in [-0.2, -0.15) is 0 Å². The number of rotatable bonds is 4. The Morgan fingerprint density at radius 1 is 1.50 bits per heavy atom. The molecular formula is C9H10ClNO3. The van der Waals surface area contributed by atoms with Gasteiger partial charge in [-0.3, -0.25) is 0 Å². The first-order valence-corrected chi connectivity index (χ1v) is 4.60. The van der Waals surface area contributed by atoms with Crippen LogP contribution < -0.4 is 0 Å². The van der Waals surface area contributed by atoms with E-state index in [1.54, 1.807) is 12.1 Å². The Kier molecular flexibility index (Phi) is 3.71. The van der Waals surface area contributed by atoms with Gasteiger partial charge in [0.2, 0.25) is 0 Å². The van der Waals surface area contributed by atoms with Crippen LogP contribution in [0.1, 0.15) is 17.2 Å². The Labute approximate surface area is 86.6 Å². The highest BCUT2D eigenvalue weighted by Crippen LogP contribution is 2.19. The summed E-state index contributed by atoms with van der Waals surface area (Å²) in [7, 11) is 0. The van der Waals surface area contributed by atoms with Gasteiger partial charge in [0.1, 0.15) is 6.10 Å². The largest absolute Gasteiger partial charge is 0.305 e. The molecule has 4 nitrogen and oxygen atoms in total. The Morgan fingerprint density at radius 3 is 2.50 bits per heavy atom. The zero-order valence-corrected chi connectivity index (χ0v) is 8.40. The summed E-state index contributed by atoms with van der Waals surface area (Å²) in [4.78, 5) is 14.5. The van der Waals surface area contributed by atoms with Gasteiger partial charge in [0.05, 0.1) is 5.88 Å². The zero-order valence-electron chi connectivity index (χ0n) is 7.64. The van der Waals surface area contributed by atoms with Gasteiger partial charge < -0.3 is 4.84 Å². The van der Waals surface area contributed by atoms with Crippen LogP contribution in [0.15, 0.2) is 24.3 Å². The van der Waals surface area contributed by atoms with Crippen LogP contribution in [0.3, 0.4) is 0 Å². The normalized spacial score (nSPS) is 12.1. The van der Waals surface area contributed by atoms with E-state index < -0.39 is 11.2 Å². The molecule has 5 heteroatoms. The van der Waals surface area contributed by atoms with Crippen LogP contribution >= 0.6 is 11.6 Å². The SMILES string of the molecule is Cc1ccc(C(CCl)O[N+](=O)[O-])cc1. The first kappa shape index (κ1) is 10.8. The second kappa shape index (κ2) is 4.81. The van der Waals surface area contributed by atoms with Crippen molar-refractivity contribution in [3.63, 3.8) is 0 Å². The molecule has 1 atom stereocenters. The summed E-state index contributed by atoms with van der Waals surface area (Å²) in [5, 5.41) is 9.31. The second-order valence-electron chi connectivity index (χ2n) is 2.88. The van der Waals surface area contributed by atoms with Crippen molar-refractivity contribution in [1.82, 2.24) is 0 Å². The highest BCUT2D eigenvalue weighted by molar-refractivity contribution is 6.18. The van der Waals surface area contributed by atoms with Crippen LogP contribution in [0.2, 0.25) is 0 Å². The molecule has 1 aromatic carbocycles. The third-order valence-corrected chi connectivity index (χ3v) is 2.08. The summed E-state index contributed by atoms with van der Waals surface area (Å²) in [5.74, 6) is 0.0596. The molecule has 0 radical (unpaired) electrons. The standard InChI is InChI=1S/C9H10ClNO3/c1-7-2-4-8(5-3-7)9(6-10)14-11(12)13/h2-5,9H,6H2,1H3. The van der Waals surface area contributed by atoms with Gasteiger partial charge in [-0.15, -0.1) is 21.7 Å². The van der Waals surface area contributed by atoms with E-state index >= 15 is 0 Å². The molecule has 0 aromatic heterocycles. The maximum Gasteiger partial charge on any atom is 0.295 e. The van der Waals surface area contributed by atoms with E-state index in [0.29, 0.717) is 5.56 Å². The Morgan fingerprint density at radius 2 is 2.07 bits per heavy atom. The smallest absolute Gasteiger partial charge is 0.295 e. The molecule has 0 bridgehead atoms. The molecule has 0 fully saturated rings. The average Bonchev–Trinajstić information content (AvgIpc) is 2.15. The van der Waals surface area contributed by atoms with E-state index in [1.165, 1.54) is 0 Å². The molecule has 0 aliphatic heterocycles.